The number of rotatable bonds is 0. The highest BCUT2D eigenvalue weighted by Crippen LogP contribution is 2.35. The molecule has 3 aliphatic heterocycles. The Balaban J connectivity index is 1.89. The number of aliphatic imine (C=N–C) groups is 2. The number of hydrogen-bond acceptors (Lipinski definition) is 5. The van der Waals surface area contributed by atoms with Crippen molar-refractivity contribution in [2.45, 2.75) is 0 Å². The Morgan fingerprint density at radius 2 is 2.05 bits per heavy atom. The van der Waals surface area contributed by atoms with Gasteiger partial charge in [0, 0.05) is 30.2 Å². The molecule has 6 nitrogen and oxygen atoms in total. The van der Waals surface area contributed by atoms with Gasteiger partial charge in [-0.1, -0.05) is 0 Å². The Morgan fingerprint density at radius 1 is 1.21 bits per heavy atom. The normalized spacial score (nSPS) is 20.6. The Morgan fingerprint density at radius 3 is 2.79 bits per heavy atom. The van der Waals surface area contributed by atoms with Crippen LogP contribution in [0.25, 0.3) is 0 Å². The number of halogens is 1. The molecule has 0 bridgehead atoms. The van der Waals surface area contributed by atoms with E-state index in [0.717, 1.165) is 29.1 Å². The zero-order valence-electron chi connectivity index (χ0n) is 9.88. The summed E-state index contributed by atoms with van der Waals surface area (Å²) in [5.74, 6) is 1.89. The molecule has 0 atom stereocenters. The van der Waals surface area contributed by atoms with E-state index in [1.807, 2.05) is 11.0 Å². The minimum atomic E-state index is -0.139. The fourth-order valence-corrected chi connectivity index (χ4v) is 2.61. The molecule has 0 unspecified atom stereocenters. The summed E-state index contributed by atoms with van der Waals surface area (Å²) in [6.07, 6.45) is 3.86. The number of pyridine rings is 1. The topological polar surface area (TPSA) is 61.2 Å². The maximum absolute atomic E-state index is 11.6. The van der Waals surface area contributed by atoms with E-state index in [1.54, 1.807) is 6.20 Å². The van der Waals surface area contributed by atoms with Gasteiger partial charge in [-0.05, 0) is 22.0 Å². The number of anilines is 1. The van der Waals surface area contributed by atoms with Crippen LogP contribution >= 0.6 is 15.9 Å². The first kappa shape index (κ1) is 11.1. The summed E-state index contributed by atoms with van der Waals surface area (Å²) in [6.45, 7) is 1.94. The second-order valence-corrected chi connectivity index (χ2v) is 5.46. The van der Waals surface area contributed by atoms with Crippen LogP contribution in [0.2, 0.25) is 0 Å². The Hall–Kier alpha value is -1.76. The van der Waals surface area contributed by atoms with Gasteiger partial charge in [0.25, 0.3) is 5.91 Å². The molecule has 19 heavy (non-hydrogen) atoms. The molecule has 1 radical (unpaired) electrons. The highest BCUT2D eigenvalue weighted by Gasteiger charge is 2.37. The molecule has 0 saturated carbocycles. The summed E-state index contributed by atoms with van der Waals surface area (Å²) < 4.78 is 0.862. The van der Waals surface area contributed by atoms with Gasteiger partial charge >= 0.3 is 0 Å². The van der Waals surface area contributed by atoms with Gasteiger partial charge in [-0.2, -0.15) is 4.99 Å². The van der Waals surface area contributed by atoms with Gasteiger partial charge in [-0.15, -0.1) is 0 Å². The molecule has 1 aromatic rings. The summed E-state index contributed by atoms with van der Waals surface area (Å²) in [7, 11) is 0. The summed E-state index contributed by atoms with van der Waals surface area (Å²) >= 11 is 3.39. The van der Waals surface area contributed by atoms with E-state index in [1.165, 1.54) is 0 Å². The summed E-state index contributed by atoms with van der Waals surface area (Å²) in [4.78, 5) is 28.6. The van der Waals surface area contributed by atoms with E-state index in [2.05, 4.69) is 42.2 Å². The number of nitrogens with zero attached hydrogens (tertiary/aromatic N) is 5. The monoisotopic (exact) mass is 318 g/mol. The molecule has 95 valence electrons. The average Bonchev–Trinajstić information content (AvgIpc) is 2.70. The lowest BCUT2D eigenvalue weighted by atomic mass is 10.2. The average molecular weight is 319 g/mol. The maximum Gasteiger partial charge on any atom is 0.267 e. The molecular weight excluding hydrogens is 310 g/mol. The highest BCUT2D eigenvalue weighted by molar-refractivity contribution is 9.10. The first-order chi connectivity index (χ1) is 9.22. The molecule has 0 aromatic carbocycles. The van der Waals surface area contributed by atoms with E-state index in [-0.39, 0.29) is 12.5 Å². The second-order valence-electron chi connectivity index (χ2n) is 4.54. The zero-order chi connectivity index (χ0) is 13.0. The van der Waals surface area contributed by atoms with Crippen molar-refractivity contribution in [3.05, 3.63) is 23.2 Å². The molecule has 0 aliphatic carbocycles. The molecule has 1 aromatic heterocycles. The number of carbonyl (C=O) groups is 1. The number of carbonyl (C=O) groups excluding carboxylic acids is 1. The Labute approximate surface area is 118 Å². The summed E-state index contributed by atoms with van der Waals surface area (Å²) in [6, 6.07) is 1.92. The molecule has 1 amide bonds. The quantitative estimate of drug-likeness (QED) is 0.720. The van der Waals surface area contributed by atoms with Gasteiger partial charge in [-0.25, -0.2) is 9.98 Å². The number of amidine groups is 2. The second kappa shape index (κ2) is 3.86. The SMILES string of the molecule is O=C1CN2C(=N1)C(N1C[CH]C1)=Nc1ncc(Br)cc12. The van der Waals surface area contributed by atoms with Crippen LogP contribution in [0.15, 0.2) is 26.7 Å². The predicted molar refractivity (Wildman–Crippen MR) is 74.7 cm³/mol. The van der Waals surface area contributed by atoms with Crippen LogP contribution in [0, 0.1) is 6.42 Å². The third-order valence-electron chi connectivity index (χ3n) is 3.29. The lowest BCUT2D eigenvalue weighted by molar-refractivity contribution is -0.115. The molecule has 4 rings (SSSR count). The first-order valence-corrected chi connectivity index (χ1v) is 6.72. The molecule has 7 heteroatoms. The molecule has 0 N–H and O–H groups in total. The van der Waals surface area contributed by atoms with Crippen molar-refractivity contribution >= 4 is 45.0 Å². The standard InChI is InChI=1S/C12H9BrN5O/c13-7-4-8-10(14-5-7)16-11(17-2-1-3-17)12-15-9(19)6-18(8)12/h1,4-5H,2-3,6H2. The lowest BCUT2D eigenvalue weighted by Crippen LogP contribution is -2.51. The molecule has 4 heterocycles. The van der Waals surface area contributed by atoms with Gasteiger partial charge in [-0.3, -0.25) is 4.79 Å². The van der Waals surface area contributed by atoms with Gasteiger partial charge in [0.2, 0.25) is 0 Å². The van der Waals surface area contributed by atoms with Crippen molar-refractivity contribution in [3.8, 4) is 0 Å². The van der Waals surface area contributed by atoms with E-state index < -0.39 is 0 Å². The van der Waals surface area contributed by atoms with Crippen LogP contribution in [0.1, 0.15) is 0 Å². The number of likely N-dealkylation sites (tertiary alicyclic amines) is 1. The third-order valence-corrected chi connectivity index (χ3v) is 3.73. The minimum Gasteiger partial charge on any atom is -0.353 e. The van der Waals surface area contributed by atoms with Crippen molar-refractivity contribution in [3.63, 3.8) is 0 Å². The smallest absolute Gasteiger partial charge is 0.267 e. The van der Waals surface area contributed by atoms with E-state index in [4.69, 9.17) is 0 Å². The Kier molecular flexibility index (Phi) is 2.26. The van der Waals surface area contributed by atoms with Crippen LogP contribution in [0.3, 0.4) is 0 Å². The van der Waals surface area contributed by atoms with Gasteiger partial charge in [0.15, 0.2) is 17.5 Å². The van der Waals surface area contributed by atoms with Crippen molar-refractivity contribution < 1.29 is 4.79 Å². The van der Waals surface area contributed by atoms with Crippen LogP contribution in [0.5, 0.6) is 0 Å². The van der Waals surface area contributed by atoms with Crippen molar-refractivity contribution in [1.82, 2.24) is 9.88 Å². The van der Waals surface area contributed by atoms with Crippen LogP contribution < -0.4 is 4.90 Å². The van der Waals surface area contributed by atoms with Crippen LogP contribution in [-0.2, 0) is 4.79 Å². The van der Waals surface area contributed by atoms with E-state index in [0.29, 0.717) is 11.7 Å². The largest absolute Gasteiger partial charge is 0.353 e. The summed E-state index contributed by atoms with van der Waals surface area (Å²) in [5.41, 5.74) is 0.826. The van der Waals surface area contributed by atoms with Gasteiger partial charge < -0.3 is 9.80 Å². The number of aromatic nitrogens is 1. The number of amides is 1. The van der Waals surface area contributed by atoms with E-state index in [9.17, 15) is 4.79 Å². The van der Waals surface area contributed by atoms with Crippen molar-refractivity contribution in [2.24, 2.45) is 9.98 Å². The Bertz CT molecular complexity index is 650. The first-order valence-electron chi connectivity index (χ1n) is 5.92. The van der Waals surface area contributed by atoms with Gasteiger partial charge in [0.1, 0.15) is 6.54 Å². The van der Waals surface area contributed by atoms with Gasteiger partial charge in [0.05, 0.1) is 5.69 Å². The summed E-state index contributed by atoms with van der Waals surface area (Å²) in [5, 5.41) is 0. The molecule has 1 fully saturated rings. The van der Waals surface area contributed by atoms with Crippen molar-refractivity contribution in [1.29, 1.82) is 0 Å². The molecule has 0 spiro atoms. The van der Waals surface area contributed by atoms with Crippen LogP contribution in [0.4, 0.5) is 11.5 Å². The highest BCUT2D eigenvalue weighted by atomic mass is 79.9. The zero-order valence-corrected chi connectivity index (χ0v) is 11.5. The fraction of sp³-hybridized carbons (Fsp3) is 0.250. The molecular formula is C12H9BrN5O. The maximum atomic E-state index is 11.6. The van der Waals surface area contributed by atoms with Crippen molar-refractivity contribution in [2.75, 3.05) is 24.5 Å². The third kappa shape index (κ3) is 1.61. The minimum absolute atomic E-state index is 0.139. The molecule has 1 saturated heterocycles. The fourth-order valence-electron chi connectivity index (χ4n) is 2.29. The molecule has 3 aliphatic rings. The predicted octanol–water partition coefficient (Wildman–Crippen LogP) is 1.15. The number of hydrogen-bond donors (Lipinski definition) is 0. The van der Waals surface area contributed by atoms with Crippen LogP contribution in [-0.4, -0.2) is 47.1 Å². The van der Waals surface area contributed by atoms with E-state index >= 15 is 0 Å². The number of fused-ring (bicyclic) bond motifs is 3. The lowest BCUT2D eigenvalue weighted by Gasteiger charge is -2.37.